The van der Waals surface area contributed by atoms with Crippen molar-refractivity contribution in [2.24, 2.45) is 5.10 Å². The van der Waals surface area contributed by atoms with Gasteiger partial charge in [-0.25, -0.2) is 13.8 Å². The maximum atomic E-state index is 12.2. The lowest BCUT2D eigenvalue weighted by atomic mass is 10.2. The van der Waals surface area contributed by atoms with Crippen LogP contribution in [0.3, 0.4) is 0 Å². The molecule has 12 heteroatoms. The largest absolute Gasteiger partial charge is 0.497 e. The van der Waals surface area contributed by atoms with E-state index in [1.807, 2.05) is 0 Å². The summed E-state index contributed by atoms with van der Waals surface area (Å²) < 4.78 is 35.3. The Kier molecular flexibility index (Phi) is 7.31. The number of ether oxygens (including phenoxy) is 2. The summed E-state index contributed by atoms with van der Waals surface area (Å²) in [4.78, 5) is 22.5. The van der Waals surface area contributed by atoms with Crippen LogP contribution in [0.4, 0.5) is 11.4 Å². The van der Waals surface area contributed by atoms with E-state index in [1.165, 1.54) is 38.6 Å². The molecule has 2 rings (SSSR count). The number of nitro benzene ring substituents is 1. The van der Waals surface area contributed by atoms with E-state index in [1.54, 1.807) is 18.2 Å². The highest BCUT2D eigenvalue weighted by Gasteiger charge is 2.22. The van der Waals surface area contributed by atoms with Crippen molar-refractivity contribution in [3.8, 4) is 11.5 Å². The summed E-state index contributed by atoms with van der Waals surface area (Å²) in [6.45, 7) is -0.618. The second-order valence-electron chi connectivity index (χ2n) is 5.95. The van der Waals surface area contributed by atoms with Gasteiger partial charge in [0.1, 0.15) is 18.0 Å². The molecule has 0 unspecified atom stereocenters. The van der Waals surface area contributed by atoms with E-state index in [2.05, 4.69) is 10.5 Å². The van der Waals surface area contributed by atoms with E-state index < -0.39 is 27.4 Å². The van der Waals surface area contributed by atoms with Crippen LogP contribution in [-0.4, -0.2) is 52.5 Å². The fourth-order valence-corrected chi connectivity index (χ4v) is 3.29. The Morgan fingerprint density at radius 1 is 1.23 bits per heavy atom. The minimum atomic E-state index is -3.89. The van der Waals surface area contributed by atoms with Gasteiger partial charge in [-0.2, -0.15) is 5.10 Å². The van der Waals surface area contributed by atoms with Gasteiger partial charge in [-0.3, -0.25) is 19.2 Å². The Hall–Kier alpha value is -3.67. The van der Waals surface area contributed by atoms with Crippen molar-refractivity contribution in [1.82, 2.24) is 5.43 Å². The molecule has 0 spiro atoms. The molecule has 30 heavy (non-hydrogen) atoms. The fraction of sp³-hybridized carbons (Fsp3) is 0.222. The predicted octanol–water partition coefficient (Wildman–Crippen LogP) is 1.53. The SMILES string of the molecule is COc1ccc(OC)c(/C=N\NC(=O)CN(c2cccc([N+](=O)[O-])c2)S(C)(=O)=O)c1. The number of carbonyl (C=O) groups is 1. The van der Waals surface area contributed by atoms with Gasteiger partial charge in [-0.1, -0.05) is 6.07 Å². The second kappa shape index (κ2) is 9.69. The summed E-state index contributed by atoms with van der Waals surface area (Å²) in [5, 5.41) is 14.8. The first kappa shape index (κ1) is 22.6. The number of carbonyl (C=O) groups excluding carboxylic acids is 1. The second-order valence-corrected chi connectivity index (χ2v) is 7.85. The quantitative estimate of drug-likeness (QED) is 0.357. The molecule has 2 aromatic rings. The Balaban J connectivity index is 2.17. The van der Waals surface area contributed by atoms with Gasteiger partial charge in [0, 0.05) is 17.7 Å². The predicted molar refractivity (Wildman–Crippen MR) is 111 cm³/mol. The van der Waals surface area contributed by atoms with Crippen LogP contribution >= 0.6 is 0 Å². The van der Waals surface area contributed by atoms with Crippen molar-refractivity contribution in [3.05, 3.63) is 58.1 Å². The summed E-state index contributed by atoms with van der Waals surface area (Å²) in [6.07, 6.45) is 2.21. The number of non-ortho nitro benzene ring substituents is 1. The number of hydrogen-bond donors (Lipinski definition) is 1. The molecule has 0 saturated heterocycles. The highest BCUT2D eigenvalue weighted by Crippen LogP contribution is 2.23. The standard InChI is InChI=1S/C18H20N4O7S/c1-28-16-7-8-17(29-2)13(9-16)11-19-20-18(23)12-21(30(3,26)27)14-5-4-6-15(10-14)22(24)25/h4-11H,12H2,1-3H3,(H,20,23)/b19-11-. The van der Waals surface area contributed by atoms with Gasteiger partial charge >= 0.3 is 0 Å². The number of nitro groups is 1. The molecule has 0 atom stereocenters. The minimum absolute atomic E-state index is 0.0136. The molecule has 0 fully saturated rings. The Bertz CT molecular complexity index is 1070. The molecule has 1 amide bonds. The molecule has 11 nitrogen and oxygen atoms in total. The number of hydrogen-bond acceptors (Lipinski definition) is 8. The number of amides is 1. The molecule has 2 aromatic carbocycles. The van der Waals surface area contributed by atoms with Crippen molar-refractivity contribution < 1.29 is 27.6 Å². The number of nitrogens with one attached hydrogen (secondary N) is 1. The first-order valence-electron chi connectivity index (χ1n) is 8.42. The zero-order valence-electron chi connectivity index (χ0n) is 16.4. The smallest absolute Gasteiger partial charge is 0.271 e. The zero-order chi connectivity index (χ0) is 22.3. The van der Waals surface area contributed by atoms with Gasteiger partial charge in [-0.05, 0) is 24.3 Å². The summed E-state index contributed by atoms with van der Waals surface area (Å²) in [5.41, 5.74) is 2.43. The molecular formula is C18H20N4O7S. The van der Waals surface area contributed by atoms with Crippen molar-refractivity contribution in [2.45, 2.75) is 0 Å². The molecule has 0 radical (unpaired) electrons. The Morgan fingerprint density at radius 2 is 1.97 bits per heavy atom. The third-order valence-corrected chi connectivity index (χ3v) is 4.99. The Labute approximate surface area is 173 Å². The maximum absolute atomic E-state index is 12.2. The van der Waals surface area contributed by atoms with Gasteiger partial charge in [0.25, 0.3) is 11.6 Å². The van der Waals surface area contributed by atoms with Crippen molar-refractivity contribution in [2.75, 3.05) is 31.3 Å². The summed E-state index contributed by atoms with van der Waals surface area (Å²) in [5.74, 6) is 0.297. The lowest BCUT2D eigenvalue weighted by Crippen LogP contribution is -2.39. The number of sulfonamides is 1. The normalized spacial score (nSPS) is 11.2. The number of hydrazone groups is 1. The third-order valence-electron chi connectivity index (χ3n) is 3.85. The van der Waals surface area contributed by atoms with E-state index in [0.29, 0.717) is 17.1 Å². The van der Waals surface area contributed by atoms with Crippen LogP contribution in [0.25, 0.3) is 0 Å². The third kappa shape index (κ3) is 5.91. The van der Waals surface area contributed by atoms with E-state index in [0.717, 1.165) is 16.6 Å². The van der Waals surface area contributed by atoms with E-state index in [9.17, 15) is 23.3 Å². The van der Waals surface area contributed by atoms with Crippen molar-refractivity contribution in [3.63, 3.8) is 0 Å². The van der Waals surface area contributed by atoms with Crippen LogP contribution < -0.4 is 19.2 Å². The lowest BCUT2D eigenvalue weighted by molar-refractivity contribution is -0.384. The van der Waals surface area contributed by atoms with Crippen molar-refractivity contribution >= 4 is 33.5 Å². The van der Waals surface area contributed by atoms with E-state index >= 15 is 0 Å². The van der Waals surface area contributed by atoms with E-state index in [-0.39, 0.29) is 11.4 Å². The number of methoxy groups -OCH3 is 2. The first-order valence-corrected chi connectivity index (χ1v) is 10.3. The van der Waals surface area contributed by atoms with Crippen LogP contribution in [0.15, 0.2) is 47.6 Å². The highest BCUT2D eigenvalue weighted by atomic mass is 32.2. The van der Waals surface area contributed by atoms with Gasteiger partial charge in [0.05, 0.1) is 37.3 Å². The summed E-state index contributed by atoms with van der Waals surface area (Å²) >= 11 is 0. The molecule has 0 saturated carbocycles. The van der Waals surface area contributed by atoms with Gasteiger partial charge in [0.2, 0.25) is 10.0 Å². The zero-order valence-corrected chi connectivity index (χ0v) is 17.3. The van der Waals surface area contributed by atoms with Gasteiger partial charge in [-0.15, -0.1) is 0 Å². The molecule has 0 bridgehead atoms. The Morgan fingerprint density at radius 3 is 2.57 bits per heavy atom. The van der Waals surface area contributed by atoms with Crippen LogP contribution in [0, 0.1) is 10.1 Å². The number of anilines is 1. The number of nitrogens with zero attached hydrogens (tertiary/aromatic N) is 3. The average Bonchev–Trinajstić information content (AvgIpc) is 2.71. The first-order chi connectivity index (χ1) is 14.2. The monoisotopic (exact) mass is 436 g/mol. The number of benzene rings is 2. The van der Waals surface area contributed by atoms with Crippen LogP contribution in [-0.2, 0) is 14.8 Å². The fourth-order valence-electron chi connectivity index (χ4n) is 2.44. The van der Waals surface area contributed by atoms with Gasteiger partial charge in [0.15, 0.2) is 0 Å². The van der Waals surface area contributed by atoms with E-state index in [4.69, 9.17) is 9.47 Å². The van der Waals surface area contributed by atoms with Crippen LogP contribution in [0.2, 0.25) is 0 Å². The van der Waals surface area contributed by atoms with Crippen LogP contribution in [0.1, 0.15) is 5.56 Å². The summed E-state index contributed by atoms with van der Waals surface area (Å²) in [7, 11) is -0.920. The molecule has 0 aromatic heterocycles. The molecule has 0 heterocycles. The van der Waals surface area contributed by atoms with Crippen molar-refractivity contribution in [1.29, 1.82) is 0 Å². The van der Waals surface area contributed by atoms with Crippen LogP contribution in [0.5, 0.6) is 11.5 Å². The summed E-state index contributed by atoms with van der Waals surface area (Å²) in [6, 6.07) is 9.96. The molecule has 1 N–H and O–H groups in total. The van der Waals surface area contributed by atoms with Gasteiger partial charge < -0.3 is 9.47 Å². The molecule has 0 aliphatic rings. The number of rotatable bonds is 9. The molecule has 0 aliphatic carbocycles. The molecule has 160 valence electrons. The minimum Gasteiger partial charge on any atom is -0.497 e. The molecule has 0 aliphatic heterocycles. The molecular weight excluding hydrogens is 416 g/mol. The average molecular weight is 436 g/mol. The maximum Gasteiger partial charge on any atom is 0.271 e. The highest BCUT2D eigenvalue weighted by molar-refractivity contribution is 7.92. The lowest BCUT2D eigenvalue weighted by Gasteiger charge is -2.21. The topological polar surface area (TPSA) is 140 Å².